The standard InChI is InChI=1S/C16H30N2O2/c1-12-5-3-7-14(11-12)18(2)10-8-13-6-4-9-16(13,17)15(19)20/h12-14H,3-11,17H2,1-2H3,(H,19,20). The molecular weight excluding hydrogens is 252 g/mol. The van der Waals surface area contributed by atoms with Gasteiger partial charge in [-0.3, -0.25) is 4.79 Å². The normalized spacial score (nSPS) is 38.3. The second kappa shape index (κ2) is 6.44. The van der Waals surface area contributed by atoms with E-state index in [4.69, 9.17) is 5.73 Å². The number of carbonyl (C=O) groups is 1. The molecule has 0 saturated heterocycles. The third kappa shape index (κ3) is 3.34. The Hall–Kier alpha value is -0.610. The predicted molar refractivity (Wildman–Crippen MR) is 80.6 cm³/mol. The van der Waals surface area contributed by atoms with E-state index in [0.717, 1.165) is 31.7 Å². The third-order valence-electron chi connectivity index (χ3n) is 5.63. The number of carboxylic acids is 1. The van der Waals surface area contributed by atoms with Crippen molar-refractivity contribution in [1.82, 2.24) is 4.90 Å². The van der Waals surface area contributed by atoms with Gasteiger partial charge in [0, 0.05) is 6.04 Å². The number of hydrogen-bond acceptors (Lipinski definition) is 3. The Kier molecular flexibility index (Phi) is 5.08. The van der Waals surface area contributed by atoms with Crippen LogP contribution in [0.15, 0.2) is 0 Å². The minimum Gasteiger partial charge on any atom is -0.480 e. The fraction of sp³-hybridized carbons (Fsp3) is 0.938. The highest BCUT2D eigenvalue weighted by Gasteiger charge is 2.45. The highest BCUT2D eigenvalue weighted by molar-refractivity contribution is 5.79. The van der Waals surface area contributed by atoms with Crippen LogP contribution in [0, 0.1) is 11.8 Å². The summed E-state index contributed by atoms with van der Waals surface area (Å²) in [5.74, 6) is 0.160. The van der Waals surface area contributed by atoms with Gasteiger partial charge in [0.15, 0.2) is 0 Å². The molecule has 4 heteroatoms. The largest absolute Gasteiger partial charge is 0.480 e. The minimum atomic E-state index is -0.972. The van der Waals surface area contributed by atoms with Crippen molar-refractivity contribution in [1.29, 1.82) is 0 Å². The van der Waals surface area contributed by atoms with E-state index in [-0.39, 0.29) is 5.92 Å². The SMILES string of the molecule is CC1CCCC(N(C)CCC2CCCC2(N)C(=O)O)C1. The van der Waals surface area contributed by atoms with Gasteiger partial charge in [-0.1, -0.05) is 26.2 Å². The summed E-state index contributed by atoms with van der Waals surface area (Å²) in [4.78, 5) is 13.8. The molecule has 2 aliphatic carbocycles. The first-order valence-corrected chi connectivity index (χ1v) is 8.16. The van der Waals surface area contributed by atoms with E-state index in [1.165, 1.54) is 25.7 Å². The Labute approximate surface area is 122 Å². The van der Waals surface area contributed by atoms with Crippen LogP contribution >= 0.6 is 0 Å². The molecule has 116 valence electrons. The maximum absolute atomic E-state index is 11.4. The molecule has 0 heterocycles. The van der Waals surface area contributed by atoms with Gasteiger partial charge in [0.2, 0.25) is 0 Å². The van der Waals surface area contributed by atoms with E-state index >= 15 is 0 Å². The zero-order chi connectivity index (χ0) is 14.8. The lowest BCUT2D eigenvalue weighted by Crippen LogP contribution is -2.51. The summed E-state index contributed by atoms with van der Waals surface area (Å²) < 4.78 is 0. The van der Waals surface area contributed by atoms with Crippen LogP contribution in [0.4, 0.5) is 0 Å². The molecule has 4 nitrogen and oxygen atoms in total. The van der Waals surface area contributed by atoms with Crippen molar-refractivity contribution in [2.24, 2.45) is 17.6 Å². The van der Waals surface area contributed by atoms with Gasteiger partial charge in [-0.05, 0) is 57.5 Å². The van der Waals surface area contributed by atoms with Crippen LogP contribution in [0.25, 0.3) is 0 Å². The molecule has 0 spiro atoms. The zero-order valence-corrected chi connectivity index (χ0v) is 13.0. The molecule has 3 N–H and O–H groups in total. The van der Waals surface area contributed by atoms with E-state index in [2.05, 4.69) is 18.9 Å². The summed E-state index contributed by atoms with van der Waals surface area (Å²) in [5.41, 5.74) is 5.14. The number of nitrogens with zero attached hydrogens (tertiary/aromatic N) is 1. The average Bonchev–Trinajstić information content (AvgIpc) is 2.79. The fourth-order valence-corrected chi connectivity index (χ4v) is 4.13. The molecule has 0 aromatic rings. The van der Waals surface area contributed by atoms with Crippen LogP contribution in [-0.4, -0.2) is 41.1 Å². The monoisotopic (exact) mass is 282 g/mol. The molecule has 0 aromatic heterocycles. The van der Waals surface area contributed by atoms with Crippen molar-refractivity contribution in [3.05, 3.63) is 0 Å². The molecular formula is C16H30N2O2. The van der Waals surface area contributed by atoms with Crippen molar-refractivity contribution < 1.29 is 9.90 Å². The topological polar surface area (TPSA) is 66.6 Å². The van der Waals surface area contributed by atoms with Crippen LogP contribution in [0.1, 0.15) is 58.3 Å². The van der Waals surface area contributed by atoms with Gasteiger partial charge >= 0.3 is 5.97 Å². The summed E-state index contributed by atoms with van der Waals surface area (Å²) in [7, 11) is 2.19. The molecule has 4 unspecified atom stereocenters. The minimum absolute atomic E-state index is 0.142. The molecule has 2 saturated carbocycles. The lowest BCUT2D eigenvalue weighted by atomic mass is 9.84. The molecule has 4 atom stereocenters. The van der Waals surface area contributed by atoms with Crippen molar-refractivity contribution in [3.8, 4) is 0 Å². The fourth-order valence-electron chi connectivity index (χ4n) is 4.13. The van der Waals surface area contributed by atoms with Crippen molar-refractivity contribution >= 4 is 5.97 Å². The first kappa shape index (κ1) is 15.8. The van der Waals surface area contributed by atoms with Crippen molar-refractivity contribution in [2.45, 2.75) is 69.9 Å². The van der Waals surface area contributed by atoms with Gasteiger partial charge in [-0.2, -0.15) is 0 Å². The van der Waals surface area contributed by atoms with Crippen LogP contribution < -0.4 is 5.73 Å². The second-order valence-electron chi connectivity index (χ2n) is 7.13. The summed E-state index contributed by atoms with van der Waals surface area (Å²) in [5, 5.41) is 9.35. The Morgan fingerprint density at radius 3 is 2.75 bits per heavy atom. The van der Waals surface area contributed by atoms with Gasteiger partial charge in [-0.15, -0.1) is 0 Å². The Morgan fingerprint density at radius 2 is 2.10 bits per heavy atom. The first-order chi connectivity index (χ1) is 9.43. The molecule has 20 heavy (non-hydrogen) atoms. The molecule has 0 radical (unpaired) electrons. The van der Waals surface area contributed by atoms with Crippen LogP contribution in [0.3, 0.4) is 0 Å². The highest BCUT2D eigenvalue weighted by atomic mass is 16.4. The smallest absolute Gasteiger partial charge is 0.323 e. The van der Waals surface area contributed by atoms with Crippen molar-refractivity contribution in [2.75, 3.05) is 13.6 Å². The van der Waals surface area contributed by atoms with Gasteiger partial charge < -0.3 is 15.7 Å². The Morgan fingerprint density at radius 1 is 1.35 bits per heavy atom. The van der Waals surface area contributed by atoms with Crippen molar-refractivity contribution in [3.63, 3.8) is 0 Å². The lowest BCUT2D eigenvalue weighted by Gasteiger charge is -2.35. The molecule has 0 aliphatic heterocycles. The number of hydrogen-bond donors (Lipinski definition) is 2. The highest BCUT2D eigenvalue weighted by Crippen LogP contribution is 2.37. The molecule has 2 fully saturated rings. The summed E-state index contributed by atoms with van der Waals surface area (Å²) in [6, 6.07) is 0.678. The predicted octanol–water partition coefficient (Wildman–Crippen LogP) is 2.47. The molecule has 0 aromatic carbocycles. The van der Waals surface area contributed by atoms with E-state index in [9.17, 15) is 9.90 Å². The van der Waals surface area contributed by atoms with E-state index in [1.807, 2.05) is 0 Å². The molecule has 2 aliphatic rings. The maximum atomic E-state index is 11.4. The number of aliphatic carboxylic acids is 1. The summed E-state index contributed by atoms with van der Waals surface area (Å²) >= 11 is 0. The average molecular weight is 282 g/mol. The second-order valence-corrected chi connectivity index (χ2v) is 7.13. The van der Waals surface area contributed by atoms with Gasteiger partial charge in [0.05, 0.1) is 0 Å². The third-order valence-corrected chi connectivity index (χ3v) is 5.63. The lowest BCUT2D eigenvalue weighted by molar-refractivity contribution is -0.144. The molecule has 0 amide bonds. The quantitative estimate of drug-likeness (QED) is 0.813. The Balaban J connectivity index is 1.83. The summed E-state index contributed by atoms with van der Waals surface area (Å²) in [6.07, 6.45) is 8.75. The number of nitrogens with two attached hydrogens (primary N) is 1. The molecule has 0 bridgehead atoms. The first-order valence-electron chi connectivity index (χ1n) is 8.16. The summed E-state index contributed by atoms with van der Waals surface area (Å²) in [6.45, 7) is 3.32. The van der Waals surface area contributed by atoms with Crippen LogP contribution in [-0.2, 0) is 4.79 Å². The number of rotatable bonds is 5. The zero-order valence-electron chi connectivity index (χ0n) is 13.0. The number of carboxylic acid groups (broad SMARTS) is 1. The Bertz CT molecular complexity index is 347. The molecule has 2 rings (SSSR count). The van der Waals surface area contributed by atoms with E-state index in [1.54, 1.807) is 0 Å². The van der Waals surface area contributed by atoms with E-state index < -0.39 is 11.5 Å². The van der Waals surface area contributed by atoms with Gasteiger partial charge in [0.25, 0.3) is 0 Å². The van der Waals surface area contributed by atoms with E-state index in [0.29, 0.717) is 12.5 Å². The van der Waals surface area contributed by atoms with Gasteiger partial charge in [0.1, 0.15) is 5.54 Å². The van der Waals surface area contributed by atoms with Crippen LogP contribution in [0.5, 0.6) is 0 Å². The van der Waals surface area contributed by atoms with Crippen LogP contribution in [0.2, 0.25) is 0 Å². The maximum Gasteiger partial charge on any atom is 0.323 e. The van der Waals surface area contributed by atoms with Gasteiger partial charge in [-0.25, -0.2) is 0 Å².